The molecule has 0 atom stereocenters. The molecule has 0 unspecified atom stereocenters. The van der Waals surface area contributed by atoms with Crippen LogP contribution in [0.25, 0.3) is 5.69 Å². The number of halogens is 1. The number of rotatable bonds is 3. The topological polar surface area (TPSA) is 81.8 Å². The van der Waals surface area contributed by atoms with Crippen molar-refractivity contribution in [1.29, 1.82) is 0 Å². The van der Waals surface area contributed by atoms with Gasteiger partial charge in [-0.25, -0.2) is 4.79 Å². The molecule has 0 fully saturated rings. The summed E-state index contributed by atoms with van der Waals surface area (Å²) in [5.41, 5.74) is 1.18. The van der Waals surface area contributed by atoms with E-state index in [9.17, 15) is 9.59 Å². The van der Waals surface area contributed by atoms with Crippen molar-refractivity contribution >= 4 is 23.2 Å². The fourth-order valence-electron chi connectivity index (χ4n) is 2.01. The highest BCUT2D eigenvalue weighted by Crippen LogP contribution is 2.18. The summed E-state index contributed by atoms with van der Waals surface area (Å²) in [7, 11) is 1.52. The molecular weight excluding hydrogens is 318 g/mol. The minimum Gasteiger partial charge on any atom is -0.322 e. The fraction of sp³-hybridized carbons (Fsp3) is 0.0667. The van der Waals surface area contributed by atoms with Crippen LogP contribution in [0.2, 0.25) is 5.02 Å². The van der Waals surface area contributed by atoms with Gasteiger partial charge in [-0.3, -0.25) is 4.79 Å². The van der Waals surface area contributed by atoms with Crippen LogP contribution in [0.1, 0.15) is 10.4 Å². The van der Waals surface area contributed by atoms with E-state index in [4.69, 9.17) is 11.6 Å². The number of hydrogen-bond donors (Lipinski definition) is 1. The van der Waals surface area contributed by atoms with E-state index in [0.717, 1.165) is 4.68 Å². The first kappa shape index (κ1) is 15.0. The van der Waals surface area contributed by atoms with Gasteiger partial charge in [0, 0.05) is 12.7 Å². The normalized spacial score (nSPS) is 10.5. The number of hydrogen-bond acceptors (Lipinski definition) is 4. The molecule has 0 radical (unpaired) electrons. The van der Waals surface area contributed by atoms with Gasteiger partial charge in [0.2, 0.25) is 0 Å². The Morgan fingerprint density at radius 1 is 1.09 bits per heavy atom. The summed E-state index contributed by atoms with van der Waals surface area (Å²) in [6, 6.07) is 13.5. The van der Waals surface area contributed by atoms with Crippen LogP contribution >= 0.6 is 11.6 Å². The SMILES string of the molecule is Cn1nnn(-c2ccc(NC(=O)c3ccccc3Cl)cc2)c1=O. The van der Waals surface area contributed by atoms with Gasteiger partial charge < -0.3 is 5.32 Å². The van der Waals surface area contributed by atoms with Gasteiger partial charge in [-0.2, -0.15) is 9.36 Å². The molecule has 0 saturated carbocycles. The molecule has 3 aromatic rings. The Kier molecular flexibility index (Phi) is 3.94. The number of carbonyl (C=O) groups is 1. The molecule has 0 saturated heterocycles. The number of tetrazole rings is 1. The molecule has 116 valence electrons. The van der Waals surface area contributed by atoms with Crippen LogP contribution < -0.4 is 11.0 Å². The maximum atomic E-state index is 12.2. The van der Waals surface area contributed by atoms with Crippen molar-refractivity contribution in [2.24, 2.45) is 7.05 Å². The van der Waals surface area contributed by atoms with Crippen molar-refractivity contribution in [2.45, 2.75) is 0 Å². The smallest absolute Gasteiger partial charge is 0.322 e. The first-order chi connectivity index (χ1) is 11.1. The zero-order valence-corrected chi connectivity index (χ0v) is 12.9. The number of nitrogens with zero attached hydrogens (tertiary/aromatic N) is 4. The quantitative estimate of drug-likeness (QED) is 0.795. The van der Waals surface area contributed by atoms with E-state index in [1.165, 1.54) is 11.7 Å². The second-order valence-electron chi connectivity index (χ2n) is 4.78. The van der Waals surface area contributed by atoms with Crippen LogP contribution in [0.15, 0.2) is 53.3 Å². The highest BCUT2D eigenvalue weighted by atomic mass is 35.5. The molecule has 7 nitrogen and oxygen atoms in total. The third-order valence-corrected chi connectivity index (χ3v) is 3.54. The summed E-state index contributed by atoms with van der Waals surface area (Å²) in [6.45, 7) is 0. The summed E-state index contributed by atoms with van der Waals surface area (Å²) in [4.78, 5) is 23.9. The standard InChI is InChI=1S/C15H12ClN5O2/c1-20-15(23)21(19-18-20)11-8-6-10(7-9-11)17-14(22)12-4-2-3-5-13(12)16/h2-9H,1H3,(H,17,22). The molecule has 0 spiro atoms. The van der Waals surface area contributed by atoms with E-state index < -0.39 is 0 Å². The second kappa shape index (κ2) is 6.05. The molecule has 23 heavy (non-hydrogen) atoms. The average Bonchev–Trinajstić information content (AvgIpc) is 2.88. The van der Waals surface area contributed by atoms with Crippen LogP contribution in [0.3, 0.4) is 0 Å². The third kappa shape index (κ3) is 3.00. The Hall–Kier alpha value is -2.93. The van der Waals surface area contributed by atoms with Gasteiger partial charge in [0.15, 0.2) is 0 Å². The highest BCUT2D eigenvalue weighted by Gasteiger charge is 2.10. The van der Waals surface area contributed by atoms with Gasteiger partial charge >= 0.3 is 5.69 Å². The van der Waals surface area contributed by atoms with E-state index in [-0.39, 0.29) is 11.6 Å². The zero-order chi connectivity index (χ0) is 16.4. The van der Waals surface area contributed by atoms with E-state index in [1.807, 2.05) is 0 Å². The van der Waals surface area contributed by atoms with Crippen molar-refractivity contribution in [3.8, 4) is 5.69 Å². The molecule has 0 bridgehead atoms. The largest absolute Gasteiger partial charge is 0.368 e. The summed E-state index contributed by atoms with van der Waals surface area (Å²) in [6.07, 6.45) is 0. The number of aromatic nitrogens is 4. The predicted molar refractivity (Wildman–Crippen MR) is 86.0 cm³/mol. The third-order valence-electron chi connectivity index (χ3n) is 3.21. The minimum absolute atomic E-state index is 0.306. The maximum absolute atomic E-state index is 12.2. The van der Waals surface area contributed by atoms with Gasteiger partial charge in [0.25, 0.3) is 5.91 Å². The molecule has 0 aliphatic carbocycles. The van der Waals surface area contributed by atoms with E-state index >= 15 is 0 Å². The summed E-state index contributed by atoms with van der Waals surface area (Å²) < 4.78 is 2.30. The van der Waals surface area contributed by atoms with Gasteiger partial charge in [-0.1, -0.05) is 23.7 Å². The number of nitrogens with one attached hydrogen (secondary N) is 1. The van der Waals surface area contributed by atoms with Crippen molar-refractivity contribution in [3.63, 3.8) is 0 Å². The molecule has 1 aromatic heterocycles. The Bertz CT molecular complexity index is 914. The average molecular weight is 330 g/mol. The lowest BCUT2D eigenvalue weighted by Gasteiger charge is -2.07. The molecule has 0 aliphatic heterocycles. The van der Waals surface area contributed by atoms with Crippen molar-refractivity contribution in [2.75, 3.05) is 5.32 Å². The Balaban J connectivity index is 1.81. The second-order valence-corrected chi connectivity index (χ2v) is 5.18. The number of carbonyl (C=O) groups excluding carboxylic acids is 1. The number of aryl methyl sites for hydroxylation is 1. The van der Waals surface area contributed by atoms with Gasteiger partial charge in [0.05, 0.1) is 16.3 Å². The Morgan fingerprint density at radius 2 is 1.78 bits per heavy atom. The van der Waals surface area contributed by atoms with Crippen LogP contribution in [0.4, 0.5) is 5.69 Å². The highest BCUT2D eigenvalue weighted by molar-refractivity contribution is 6.34. The summed E-state index contributed by atoms with van der Waals surface area (Å²) in [5, 5.41) is 10.5. The first-order valence-corrected chi connectivity index (χ1v) is 7.09. The molecule has 1 N–H and O–H groups in total. The van der Waals surface area contributed by atoms with Crippen LogP contribution in [-0.2, 0) is 7.05 Å². The predicted octanol–water partition coefficient (Wildman–Crippen LogP) is 1.87. The van der Waals surface area contributed by atoms with Crippen molar-refractivity contribution in [1.82, 2.24) is 19.8 Å². The fourth-order valence-corrected chi connectivity index (χ4v) is 2.23. The van der Waals surface area contributed by atoms with E-state index in [2.05, 4.69) is 15.7 Å². The zero-order valence-electron chi connectivity index (χ0n) is 12.1. The first-order valence-electron chi connectivity index (χ1n) is 6.71. The lowest BCUT2D eigenvalue weighted by Crippen LogP contribution is -2.21. The lowest BCUT2D eigenvalue weighted by molar-refractivity contribution is 0.102. The minimum atomic E-state index is -0.349. The van der Waals surface area contributed by atoms with E-state index in [1.54, 1.807) is 48.5 Å². The summed E-state index contributed by atoms with van der Waals surface area (Å²) >= 11 is 5.99. The summed E-state index contributed by atoms with van der Waals surface area (Å²) in [5.74, 6) is -0.306. The molecule has 3 rings (SSSR count). The monoisotopic (exact) mass is 329 g/mol. The lowest BCUT2D eigenvalue weighted by atomic mass is 10.2. The van der Waals surface area contributed by atoms with Crippen LogP contribution in [0.5, 0.6) is 0 Å². The van der Waals surface area contributed by atoms with Crippen LogP contribution in [0, 0.1) is 0 Å². The molecule has 1 heterocycles. The Labute approximate surface area is 136 Å². The number of anilines is 1. The molecule has 0 aliphatic rings. The Morgan fingerprint density at radius 3 is 2.39 bits per heavy atom. The molecular formula is C15H12ClN5O2. The molecule has 8 heteroatoms. The van der Waals surface area contributed by atoms with Gasteiger partial charge in [-0.05, 0) is 46.8 Å². The number of amides is 1. The van der Waals surface area contributed by atoms with Crippen molar-refractivity contribution < 1.29 is 4.79 Å². The van der Waals surface area contributed by atoms with E-state index in [0.29, 0.717) is 22.0 Å². The van der Waals surface area contributed by atoms with Crippen molar-refractivity contribution in [3.05, 3.63) is 69.6 Å². The van der Waals surface area contributed by atoms with Gasteiger partial charge in [-0.15, -0.1) is 0 Å². The van der Waals surface area contributed by atoms with Crippen LogP contribution in [-0.4, -0.2) is 25.7 Å². The van der Waals surface area contributed by atoms with Gasteiger partial charge in [0.1, 0.15) is 0 Å². The molecule has 2 aromatic carbocycles. The maximum Gasteiger partial charge on any atom is 0.368 e. The molecule has 1 amide bonds. The number of benzene rings is 2.